The van der Waals surface area contributed by atoms with E-state index >= 15 is 0 Å². The lowest BCUT2D eigenvalue weighted by molar-refractivity contribution is 0.530. The third kappa shape index (κ3) is 2.93. The number of rotatable bonds is 0. The maximum absolute atomic E-state index is 6.39. The minimum atomic E-state index is -0.155. The Hall–Kier alpha value is 0.380. The van der Waals surface area contributed by atoms with Crippen molar-refractivity contribution in [1.29, 1.82) is 0 Å². The summed E-state index contributed by atoms with van der Waals surface area (Å²) < 4.78 is 0. The highest BCUT2D eigenvalue weighted by atomic mass is 35.5. The maximum atomic E-state index is 6.39. The van der Waals surface area contributed by atoms with Gasteiger partial charge in [0.1, 0.15) is 0 Å². The highest BCUT2D eigenvalue weighted by Gasteiger charge is 2.33. The summed E-state index contributed by atoms with van der Waals surface area (Å²) in [5, 5.41) is 1.68. The van der Waals surface area contributed by atoms with E-state index in [1.807, 2.05) is 0 Å². The molecule has 0 radical (unpaired) electrons. The van der Waals surface area contributed by atoms with Crippen LogP contribution in [0.4, 0.5) is 0 Å². The Balaban J connectivity index is 3.89. The van der Waals surface area contributed by atoms with Crippen molar-refractivity contribution < 1.29 is 0 Å². The molecule has 0 bridgehead atoms. The van der Waals surface area contributed by atoms with Gasteiger partial charge in [-0.1, -0.05) is 87.9 Å². The van der Waals surface area contributed by atoms with E-state index in [2.05, 4.69) is 41.5 Å². The third-order valence-electron chi connectivity index (χ3n) is 2.77. The van der Waals surface area contributed by atoms with Crippen molar-refractivity contribution in [3.8, 4) is 0 Å². The van der Waals surface area contributed by atoms with Crippen molar-refractivity contribution in [2.45, 2.75) is 52.4 Å². The number of hydrogen-bond acceptors (Lipinski definition) is 0. The topological polar surface area (TPSA) is 0 Å². The number of halogens is 4. The molecule has 0 atom stereocenters. The standard InChI is InChI=1S/C14H18Cl4/c1-13(2,3)7-8(14(4,5)6)10(16)12(18)11(17)9(7)15/h1-6H3. The van der Waals surface area contributed by atoms with Crippen molar-refractivity contribution in [3.05, 3.63) is 31.2 Å². The summed E-state index contributed by atoms with van der Waals surface area (Å²) in [5.41, 5.74) is 1.63. The van der Waals surface area contributed by atoms with Gasteiger partial charge in [0.05, 0.1) is 20.1 Å². The van der Waals surface area contributed by atoms with Gasteiger partial charge in [-0.3, -0.25) is 0 Å². The Kier molecular flexibility index (Phi) is 4.61. The third-order valence-corrected chi connectivity index (χ3v) is 4.57. The molecular formula is C14H18Cl4. The van der Waals surface area contributed by atoms with E-state index in [0.717, 1.165) is 11.1 Å². The van der Waals surface area contributed by atoms with Gasteiger partial charge in [-0.15, -0.1) is 0 Å². The summed E-state index contributed by atoms with van der Waals surface area (Å²) in [6.07, 6.45) is 0. The molecule has 0 saturated carbocycles. The fourth-order valence-electron chi connectivity index (χ4n) is 2.04. The van der Waals surface area contributed by atoms with Crippen molar-refractivity contribution in [2.75, 3.05) is 0 Å². The molecule has 1 aromatic carbocycles. The summed E-state index contributed by atoms with van der Waals surface area (Å²) in [7, 11) is 0. The first kappa shape index (κ1) is 16.4. The number of hydrogen-bond donors (Lipinski definition) is 0. The van der Waals surface area contributed by atoms with Crippen molar-refractivity contribution in [2.24, 2.45) is 0 Å². The van der Waals surface area contributed by atoms with Crippen LogP contribution in [0, 0.1) is 0 Å². The Morgan fingerprint density at radius 3 is 0.889 bits per heavy atom. The van der Waals surface area contributed by atoms with Gasteiger partial charge < -0.3 is 0 Å². The van der Waals surface area contributed by atoms with Crippen LogP contribution in [0.1, 0.15) is 52.7 Å². The van der Waals surface area contributed by atoms with Crippen LogP contribution < -0.4 is 0 Å². The fourth-order valence-corrected chi connectivity index (χ4v) is 3.46. The lowest BCUT2D eigenvalue weighted by Gasteiger charge is -2.33. The Bertz CT molecular complexity index is 431. The second kappa shape index (κ2) is 5.05. The first-order chi connectivity index (χ1) is 7.89. The molecule has 1 rings (SSSR count). The molecule has 0 nitrogen and oxygen atoms in total. The molecule has 102 valence electrons. The van der Waals surface area contributed by atoms with Crippen molar-refractivity contribution in [1.82, 2.24) is 0 Å². The fraction of sp³-hybridized carbons (Fsp3) is 0.571. The van der Waals surface area contributed by atoms with Crippen molar-refractivity contribution in [3.63, 3.8) is 0 Å². The Labute approximate surface area is 130 Å². The monoisotopic (exact) mass is 326 g/mol. The molecule has 0 aliphatic heterocycles. The SMILES string of the molecule is CC(C)(C)c1c(Cl)c(Cl)c(Cl)c(Cl)c1C(C)(C)C. The Morgan fingerprint density at radius 1 is 0.500 bits per heavy atom. The van der Waals surface area contributed by atoms with Crippen LogP contribution in [0.25, 0.3) is 0 Å². The van der Waals surface area contributed by atoms with E-state index in [1.54, 1.807) is 0 Å². The molecule has 0 spiro atoms. The van der Waals surface area contributed by atoms with Gasteiger partial charge in [0, 0.05) is 0 Å². The maximum Gasteiger partial charge on any atom is 0.0796 e. The van der Waals surface area contributed by atoms with Gasteiger partial charge in [-0.25, -0.2) is 0 Å². The van der Waals surface area contributed by atoms with Crippen LogP contribution >= 0.6 is 46.4 Å². The highest BCUT2D eigenvalue weighted by molar-refractivity contribution is 6.52. The molecular weight excluding hydrogens is 310 g/mol. The van der Waals surface area contributed by atoms with E-state index in [1.165, 1.54) is 0 Å². The van der Waals surface area contributed by atoms with Crippen LogP contribution in [0.3, 0.4) is 0 Å². The van der Waals surface area contributed by atoms with Gasteiger partial charge in [0.15, 0.2) is 0 Å². The lowest BCUT2D eigenvalue weighted by atomic mass is 9.75. The summed E-state index contributed by atoms with van der Waals surface area (Å²) in [6.45, 7) is 12.5. The number of benzene rings is 1. The van der Waals surface area contributed by atoms with Gasteiger partial charge >= 0.3 is 0 Å². The highest BCUT2D eigenvalue weighted by Crippen LogP contribution is 2.49. The molecule has 18 heavy (non-hydrogen) atoms. The smallest absolute Gasteiger partial charge is 0.0796 e. The van der Waals surface area contributed by atoms with Gasteiger partial charge in [-0.2, -0.15) is 0 Å². The minimum Gasteiger partial charge on any atom is -0.0823 e. The minimum absolute atomic E-state index is 0.155. The lowest BCUT2D eigenvalue weighted by Crippen LogP contribution is -2.23. The Morgan fingerprint density at radius 2 is 0.722 bits per heavy atom. The zero-order valence-electron chi connectivity index (χ0n) is 11.5. The van der Waals surface area contributed by atoms with Crippen LogP contribution in [0.2, 0.25) is 20.1 Å². The van der Waals surface area contributed by atoms with Crippen molar-refractivity contribution >= 4 is 46.4 Å². The molecule has 0 aromatic heterocycles. The predicted molar refractivity (Wildman–Crippen MR) is 83.9 cm³/mol. The summed E-state index contributed by atoms with van der Waals surface area (Å²) >= 11 is 25.1. The second-order valence-electron chi connectivity index (χ2n) is 6.51. The van der Waals surface area contributed by atoms with E-state index in [4.69, 9.17) is 46.4 Å². The second-order valence-corrected chi connectivity index (χ2v) is 8.02. The molecule has 0 aliphatic rings. The normalized spacial score (nSPS) is 13.0. The average Bonchev–Trinajstić information content (AvgIpc) is 2.16. The first-order valence-electron chi connectivity index (χ1n) is 5.76. The predicted octanol–water partition coefficient (Wildman–Crippen LogP) is 6.90. The summed E-state index contributed by atoms with van der Waals surface area (Å²) in [6, 6.07) is 0. The van der Waals surface area contributed by atoms with Gasteiger partial charge in [0.25, 0.3) is 0 Å². The van der Waals surface area contributed by atoms with Gasteiger partial charge in [-0.05, 0) is 22.0 Å². The largest absolute Gasteiger partial charge is 0.0823 e. The molecule has 4 heteroatoms. The molecule has 0 aliphatic carbocycles. The van der Waals surface area contributed by atoms with Crippen LogP contribution in [0.15, 0.2) is 0 Å². The van der Waals surface area contributed by atoms with Crippen LogP contribution in [0.5, 0.6) is 0 Å². The van der Waals surface area contributed by atoms with E-state index in [9.17, 15) is 0 Å². The molecule has 1 aromatic rings. The van der Waals surface area contributed by atoms with Crippen LogP contribution in [-0.2, 0) is 10.8 Å². The molecule has 0 fully saturated rings. The molecule has 0 N–H and O–H groups in total. The summed E-state index contributed by atoms with van der Waals surface area (Å²) in [4.78, 5) is 0. The molecule has 0 saturated heterocycles. The van der Waals surface area contributed by atoms with E-state index < -0.39 is 0 Å². The van der Waals surface area contributed by atoms with E-state index in [0.29, 0.717) is 20.1 Å². The zero-order chi connectivity index (χ0) is 14.5. The first-order valence-corrected chi connectivity index (χ1v) is 7.27. The zero-order valence-corrected chi connectivity index (χ0v) is 14.5. The average molecular weight is 328 g/mol. The summed E-state index contributed by atoms with van der Waals surface area (Å²) in [5.74, 6) is 0. The molecule has 0 amide bonds. The quantitative estimate of drug-likeness (QED) is 0.359. The van der Waals surface area contributed by atoms with E-state index in [-0.39, 0.29) is 10.8 Å². The van der Waals surface area contributed by atoms with Gasteiger partial charge in [0.2, 0.25) is 0 Å². The molecule has 0 heterocycles. The van der Waals surface area contributed by atoms with Crippen LogP contribution in [-0.4, -0.2) is 0 Å². The molecule has 0 unspecified atom stereocenters.